The fourth-order valence-electron chi connectivity index (χ4n) is 3.35. The molecule has 148 valence electrons. The molecule has 1 aliphatic heterocycles. The molecule has 0 atom stereocenters. The van der Waals surface area contributed by atoms with Crippen LogP contribution in [0.5, 0.6) is 0 Å². The third-order valence-corrected chi connectivity index (χ3v) is 5.15. The van der Waals surface area contributed by atoms with Crippen LogP contribution in [-0.4, -0.2) is 47.8 Å². The third-order valence-electron chi connectivity index (χ3n) is 5.15. The lowest BCUT2D eigenvalue weighted by molar-refractivity contribution is -0.138. The molecule has 0 N–H and O–H groups in total. The number of benzene rings is 2. The van der Waals surface area contributed by atoms with Gasteiger partial charge in [0.15, 0.2) is 0 Å². The molecule has 4 nitrogen and oxygen atoms in total. The topological polar surface area (TPSA) is 40.6 Å². The second-order valence-electron chi connectivity index (χ2n) is 6.88. The first-order valence-corrected chi connectivity index (χ1v) is 9.01. The van der Waals surface area contributed by atoms with Crippen molar-refractivity contribution < 1.29 is 22.8 Å². The maximum Gasteiger partial charge on any atom is 0.417 e. The lowest BCUT2D eigenvalue weighted by atomic mass is 10.0. The van der Waals surface area contributed by atoms with E-state index >= 15 is 0 Å². The summed E-state index contributed by atoms with van der Waals surface area (Å²) >= 11 is 0. The molecule has 0 unspecified atom stereocenters. The first-order chi connectivity index (χ1) is 13.2. The standard InChI is InChI=1S/C21H21F3N2O2/c1-14-6-5-8-16(15(14)2)19(27)25-10-12-26(13-11-25)20(28)17-7-3-4-9-18(17)21(22,23)24/h3-9H,10-13H2,1-2H3. The molecule has 1 fully saturated rings. The SMILES string of the molecule is Cc1cccc(C(=O)N2CCN(C(=O)c3ccccc3C(F)(F)F)CC2)c1C. The molecule has 3 rings (SSSR count). The molecule has 2 amide bonds. The summed E-state index contributed by atoms with van der Waals surface area (Å²) in [4.78, 5) is 28.4. The summed E-state index contributed by atoms with van der Waals surface area (Å²) in [5.41, 5.74) is 1.24. The van der Waals surface area contributed by atoms with Crippen LogP contribution in [0.4, 0.5) is 13.2 Å². The fourth-order valence-corrected chi connectivity index (χ4v) is 3.35. The van der Waals surface area contributed by atoms with E-state index in [9.17, 15) is 22.8 Å². The van der Waals surface area contributed by atoms with Gasteiger partial charge >= 0.3 is 6.18 Å². The lowest BCUT2D eigenvalue weighted by Crippen LogP contribution is -2.51. The molecule has 1 heterocycles. The Morgan fingerprint density at radius 2 is 1.29 bits per heavy atom. The van der Waals surface area contributed by atoms with E-state index in [1.165, 1.54) is 23.1 Å². The van der Waals surface area contributed by atoms with Crippen LogP contribution in [0.1, 0.15) is 37.4 Å². The minimum absolute atomic E-state index is 0.121. The molecule has 2 aromatic rings. The van der Waals surface area contributed by atoms with E-state index in [1.54, 1.807) is 11.0 Å². The highest BCUT2D eigenvalue weighted by atomic mass is 19.4. The fraction of sp³-hybridized carbons (Fsp3) is 0.333. The smallest absolute Gasteiger partial charge is 0.335 e. The van der Waals surface area contributed by atoms with Gasteiger partial charge in [0.1, 0.15) is 0 Å². The molecule has 0 aliphatic carbocycles. The van der Waals surface area contributed by atoms with Crippen molar-refractivity contribution >= 4 is 11.8 Å². The number of alkyl halides is 3. The summed E-state index contributed by atoms with van der Waals surface area (Å²) in [6.45, 7) is 4.78. The average Bonchev–Trinajstić information content (AvgIpc) is 2.68. The van der Waals surface area contributed by atoms with Gasteiger partial charge in [-0.3, -0.25) is 9.59 Å². The number of carbonyl (C=O) groups excluding carboxylic acids is 2. The van der Waals surface area contributed by atoms with E-state index in [4.69, 9.17) is 0 Å². The minimum Gasteiger partial charge on any atom is -0.335 e. The highest BCUT2D eigenvalue weighted by molar-refractivity contribution is 5.97. The normalized spacial score (nSPS) is 14.9. The zero-order valence-electron chi connectivity index (χ0n) is 15.7. The zero-order chi connectivity index (χ0) is 20.5. The molecule has 1 aliphatic rings. The predicted octanol–water partition coefficient (Wildman–Crippen LogP) is 3.92. The number of halogens is 3. The number of aryl methyl sites for hydroxylation is 1. The zero-order valence-corrected chi connectivity index (χ0v) is 15.7. The molecule has 0 spiro atoms. The summed E-state index contributed by atoms with van der Waals surface area (Å²) in [7, 11) is 0. The van der Waals surface area contributed by atoms with Crippen molar-refractivity contribution in [3.8, 4) is 0 Å². The Bertz CT molecular complexity index is 901. The lowest BCUT2D eigenvalue weighted by Gasteiger charge is -2.35. The molecule has 0 aromatic heterocycles. The van der Waals surface area contributed by atoms with Crippen LogP contribution in [0, 0.1) is 13.8 Å². The maximum atomic E-state index is 13.2. The maximum absolute atomic E-state index is 13.2. The summed E-state index contributed by atoms with van der Waals surface area (Å²) < 4.78 is 39.5. The molecular weight excluding hydrogens is 369 g/mol. The molecule has 7 heteroatoms. The van der Waals surface area contributed by atoms with Gasteiger partial charge in [-0.2, -0.15) is 13.2 Å². The van der Waals surface area contributed by atoms with Crippen LogP contribution in [0.15, 0.2) is 42.5 Å². The van der Waals surface area contributed by atoms with Crippen LogP contribution in [0.25, 0.3) is 0 Å². The van der Waals surface area contributed by atoms with Gasteiger partial charge in [-0.15, -0.1) is 0 Å². The second-order valence-corrected chi connectivity index (χ2v) is 6.88. The van der Waals surface area contributed by atoms with Crippen molar-refractivity contribution in [2.45, 2.75) is 20.0 Å². The Hall–Kier alpha value is -2.83. The van der Waals surface area contributed by atoms with Crippen LogP contribution < -0.4 is 0 Å². The molecule has 28 heavy (non-hydrogen) atoms. The van der Waals surface area contributed by atoms with Gasteiger partial charge in [0, 0.05) is 31.7 Å². The Balaban J connectivity index is 1.72. The van der Waals surface area contributed by atoms with E-state index in [0.717, 1.165) is 17.2 Å². The van der Waals surface area contributed by atoms with Crippen LogP contribution in [-0.2, 0) is 6.18 Å². The van der Waals surface area contributed by atoms with E-state index in [-0.39, 0.29) is 37.6 Å². The number of amides is 2. The van der Waals surface area contributed by atoms with Crippen molar-refractivity contribution in [2.75, 3.05) is 26.2 Å². The van der Waals surface area contributed by atoms with E-state index < -0.39 is 17.6 Å². The van der Waals surface area contributed by atoms with Gasteiger partial charge in [-0.25, -0.2) is 0 Å². The monoisotopic (exact) mass is 390 g/mol. The molecule has 0 bridgehead atoms. The Morgan fingerprint density at radius 1 is 0.786 bits per heavy atom. The highest BCUT2D eigenvalue weighted by Gasteiger charge is 2.36. The molecule has 0 radical (unpaired) electrons. The third kappa shape index (κ3) is 3.88. The van der Waals surface area contributed by atoms with Gasteiger partial charge in [-0.1, -0.05) is 24.3 Å². The van der Waals surface area contributed by atoms with Gasteiger partial charge in [-0.05, 0) is 43.2 Å². The van der Waals surface area contributed by atoms with Gasteiger partial charge in [0.25, 0.3) is 11.8 Å². The molecule has 0 saturated carbocycles. The Kier molecular flexibility index (Phi) is 5.45. The largest absolute Gasteiger partial charge is 0.417 e. The molecule has 1 saturated heterocycles. The average molecular weight is 390 g/mol. The number of hydrogen-bond acceptors (Lipinski definition) is 2. The van der Waals surface area contributed by atoms with Crippen LogP contribution >= 0.6 is 0 Å². The summed E-state index contributed by atoms with van der Waals surface area (Å²) in [6, 6.07) is 10.3. The van der Waals surface area contributed by atoms with E-state index in [1.807, 2.05) is 26.0 Å². The van der Waals surface area contributed by atoms with Gasteiger partial charge < -0.3 is 9.80 Å². The second kappa shape index (κ2) is 7.66. The number of piperazine rings is 1. The quantitative estimate of drug-likeness (QED) is 0.780. The van der Waals surface area contributed by atoms with Crippen molar-refractivity contribution in [1.82, 2.24) is 9.80 Å². The molecular formula is C21H21F3N2O2. The minimum atomic E-state index is -4.59. The Morgan fingerprint density at radius 3 is 1.86 bits per heavy atom. The molecule has 2 aromatic carbocycles. The first-order valence-electron chi connectivity index (χ1n) is 9.01. The van der Waals surface area contributed by atoms with E-state index in [0.29, 0.717) is 5.56 Å². The summed E-state index contributed by atoms with van der Waals surface area (Å²) in [5, 5.41) is 0. The first kappa shape index (κ1) is 19.9. The van der Waals surface area contributed by atoms with Crippen molar-refractivity contribution in [3.05, 3.63) is 70.3 Å². The van der Waals surface area contributed by atoms with Gasteiger partial charge in [0.05, 0.1) is 11.1 Å². The number of hydrogen-bond donors (Lipinski definition) is 0. The highest BCUT2D eigenvalue weighted by Crippen LogP contribution is 2.32. The predicted molar refractivity (Wildman–Crippen MR) is 99.2 cm³/mol. The van der Waals surface area contributed by atoms with Crippen molar-refractivity contribution in [1.29, 1.82) is 0 Å². The van der Waals surface area contributed by atoms with Crippen molar-refractivity contribution in [3.63, 3.8) is 0 Å². The Labute approximate surface area is 161 Å². The number of rotatable bonds is 2. The van der Waals surface area contributed by atoms with E-state index in [2.05, 4.69) is 0 Å². The van der Waals surface area contributed by atoms with Crippen LogP contribution in [0.3, 0.4) is 0 Å². The number of carbonyl (C=O) groups is 2. The summed E-state index contributed by atoms with van der Waals surface area (Å²) in [5.74, 6) is -0.782. The number of nitrogens with zero attached hydrogens (tertiary/aromatic N) is 2. The van der Waals surface area contributed by atoms with Crippen molar-refractivity contribution in [2.24, 2.45) is 0 Å². The van der Waals surface area contributed by atoms with Crippen LogP contribution in [0.2, 0.25) is 0 Å². The van der Waals surface area contributed by atoms with Gasteiger partial charge in [0.2, 0.25) is 0 Å². The summed E-state index contributed by atoms with van der Waals surface area (Å²) in [6.07, 6.45) is -4.59.